The number of anilines is 1. The molecular weight excluding hydrogens is 519 g/mol. The average Bonchev–Trinajstić information content (AvgIpc) is 3.36. The fraction of sp³-hybridized carbons (Fsp3) is 0.154. The topological polar surface area (TPSA) is 142 Å². The molecule has 0 saturated carbocycles. The maximum absolute atomic E-state index is 13.7. The van der Waals surface area contributed by atoms with E-state index in [1.165, 1.54) is 0 Å². The molecule has 0 aliphatic rings. The van der Waals surface area contributed by atoms with E-state index in [2.05, 4.69) is 9.97 Å². The summed E-state index contributed by atoms with van der Waals surface area (Å²) < 4.78 is 51.6. The lowest BCUT2D eigenvalue weighted by Crippen LogP contribution is -2.07. The van der Waals surface area contributed by atoms with Crippen LogP contribution in [-0.2, 0) is 11.9 Å². The minimum Gasteiger partial charge on any atom is -0.491 e. The Labute approximate surface area is 219 Å². The Morgan fingerprint density at radius 3 is 2.26 bits per heavy atom. The smallest absolute Gasteiger partial charge is 0.451 e. The number of pyridine rings is 1. The predicted molar refractivity (Wildman–Crippen MR) is 133 cm³/mol. The van der Waals surface area contributed by atoms with Crippen LogP contribution >= 0.6 is 11.8 Å². The van der Waals surface area contributed by atoms with E-state index in [-0.39, 0.29) is 58.1 Å². The number of benzene rings is 2. The summed E-state index contributed by atoms with van der Waals surface area (Å²) in [6.45, 7) is -0.0853. The van der Waals surface area contributed by atoms with Crippen LogP contribution in [-0.4, -0.2) is 28.3 Å². The Morgan fingerprint density at radius 1 is 0.974 bits per heavy atom. The van der Waals surface area contributed by atoms with Crippen LogP contribution in [0.1, 0.15) is 22.6 Å². The second-order valence-corrected chi connectivity index (χ2v) is 8.66. The molecule has 0 spiro atoms. The second kappa shape index (κ2) is 11.3. The monoisotopic (exact) mass is 537 g/mol. The maximum atomic E-state index is 13.7. The van der Waals surface area contributed by atoms with E-state index in [9.17, 15) is 23.7 Å². The van der Waals surface area contributed by atoms with Gasteiger partial charge in [0, 0.05) is 16.9 Å². The molecule has 0 radical (unpaired) electrons. The molecule has 4 aromatic rings. The molecule has 38 heavy (non-hydrogen) atoms. The minimum atomic E-state index is -4.80. The van der Waals surface area contributed by atoms with Crippen LogP contribution in [0.2, 0.25) is 0 Å². The van der Waals surface area contributed by atoms with Gasteiger partial charge in [-0.05, 0) is 29.8 Å². The third kappa shape index (κ3) is 5.57. The van der Waals surface area contributed by atoms with E-state index in [4.69, 9.17) is 20.0 Å². The molecule has 0 unspecified atom stereocenters. The van der Waals surface area contributed by atoms with Gasteiger partial charge in [0.1, 0.15) is 46.6 Å². The number of halogens is 3. The van der Waals surface area contributed by atoms with Crippen molar-refractivity contribution >= 4 is 17.6 Å². The molecule has 2 aromatic carbocycles. The van der Waals surface area contributed by atoms with Crippen molar-refractivity contribution < 1.29 is 27.4 Å². The molecule has 0 bridgehead atoms. The van der Waals surface area contributed by atoms with Crippen molar-refractivity contribution in [1.29, 1.82) is 10.5 Å². The quantitative estimate of drug-likeness (QED) is 0.282. The van der Waals surface area contributed by atoms with Crippen molar-refractivity contribution in [2.75, 3.05) is 18.9 Å². The Balaban J connectivity index is 1.73. The van der Waals surface area contributed by atoms with Crippen LogP contribution in [0, 0.1) is 22.7 Å². The van der Waals surface area contributed by atoms with E-state index >= 15 is 0 Å². The van der Waals surface area contributed by atoms with Crippen LogP contribution in [0.15, 0.2) is 64.0 Å². The molecule has 0 amide bonds. The highest BCUT2D eigenvalue weighted by Crippen LogP contribution is 2.40. The molecule has 2 aromatic heterocycles. The number of ether oxygens (including phenoxy) is 1. The van der Waals surface area contributed by atoms with Gasteiger partial charge in [-0.3, -0.25) is 0 Å². The van der Waals surface area contributed by atoms with Gasteiger partial charge < -0.3 is 20.0 Å². The first-order chi connectivity index (χ1) is 18.3. The van der Waals surface area contributed by atoms with Crippen LogP contribution in [0.25, 0.3) is 22.6 Å². The SMILES string of the molecule is N#Cc1c(N)nc(SCc2nc(-c3ccccc3)oc2C(F)(F)F)c(C#N)c1-c1ccc(OCCO)cc1. The van der Waals surface area contributed by atoms with Crippen LogP contribution in [0.5, 0.6) is 5.75 Å². The van der Waals surface area contributed by atoms with Crippen molar-refractivity contribution in [2.45, 2.75) is 17.0 Å². The summed E-state index contributed by atoms with van der Waals surface area (Å²) in [4.78, 5) is 8.19. The number of aliphatic hydroxyl groups is 1. The number of aromatic nitrogens is 2. The van der Waals surface area contributed by atoms with E-state index in [0.717, 1.165) is 11.8 Å². The van der Waals surface area contributed by atoms with Gasteiger partial charge in [0.25, 0.3) is 0 Å². The lowest BCUT2D eigenvalue weighted by atomic mass is 9.97. The van der Waals surface area contributed by atoms with Gasteiger partial charge in [0.15, 0.2) is 0 Å². The maximum Gasteiger partial charge on any atom is 0.451 e. The molecule has 2 heterocycles. The van der Waals surface area contributed by atoms with Gasteiger partial charge in [-0.25, -0.2) is 9.97 Å². The molecule has 12 heteroatoms. The lowest BCUT2D eigenvalue weighted by Gasteiger charge is -2.13. The van der Waals surface area contributed by atoms with Gasteiger partial charge >= 0.3 is 6.18 Å². The Bertz CT molecular complexity index is 1530. The molecule has 0 aliphatic carbocycles. The van der Waals surface area contributed by atoms with Crippen LogP contribution < -0.4 is 10.5 Å². The number of nitrogens with two attached hydrogens (primary N) is 1. The number of nitrogens with zero attached hydrogens (tertiary/aromatic N) is 4. The predicted octanol–water partition coefficient (Wildman–Crippen LogP) is 5.41. The summed E-state index contributed by atoms with van der Waals surface area (Å²) in [7, 11) is 0. The van der Waals surface area contributed by atoms with E-state index in [1.807, 2.05) is 12.1 Å². The third-order valence-electron chi connectivity index (χ3n) is 5.24. The molecule has 192 valence electrons. The van der Waals surface area contributed by atoms with Crippen LogP contribution in [0.3, 0.4) is 0 Å². The molecule has 0 atom stereocenters. The van der Waals surface area contributed by atoms with Crippen molar-refractivity contribution in [3.8, 4) is 40.5 Å². The number of hydrogen-bond donors (Lipinski definition) is 2. The van der Waals surface area contributed by atoms with Crippen molar-refractivity contribution in [2.24, 2.45) is 0 Å². The van der Waals surface area contributed by atoms with Crippen LogP contribution in [0.4, 0.5) is 19.0 Å². The number of thioether (sulfide) groups is 1. The summed E-state index contributed by atoms with van der Waals surface area (Å²) in [5, 5.41) is 28.6. The highest BCUT2D eigenvalue weighted by Gasteiger charge is 2.39. The average molecular weight is 538 g/mol. The van der Waals surface area contributed by atoms with Gasteiger partial charge in [-0.2, -0.15) is 23.7 Å². The summed E-state index contributed by atoms with van der Waals surface area (Å²) in [5.74, 6) is -1.48. The zero-order valence-electron chi connectivity index (χ0n) is 19.5. The van der Waals surface area contributed by atoms with Gasteiger partial charge in [0.05, 0.1) is 12.2 Å². The summed E-state index contributed by atoms with van der Waals surface area (Å²) in [6, 6.07) is 18.5. The first-order valence-corrected chi connectivity index (χ1v) is 12.0. The summed E-state index contributed by atoms with van der Waals surface area (Å²) in [5.41, 5.74) is 6.60. The van der Waals surface area contributed by atoms with Gasteiger partial charge in [-0.1, -0.05) is 42.1 Å². The van der Waals surface area contributed by atoms with E-state index < -0.39 is 11.9 Å². The Hall–Kier alpha value is -4.52. The summed E-state index contributed by atoms with van der Waals surface area (Å²) >= 11 is 0.822. The first kappa shape index (κ1) is 26.5. The molecule has 0 fully saturated rings. The van der Waals surface area contributed by atoms with E-state index in [1.54, 1.807) is 54.6 Å². The van der Waals surface area contributed by atoms with Gasteiger partial charge in [0.2, 0.25) is 11.7 Å². The number of nitriles is 2. The lowest BCUT2D eigenvalue weighted by molar-refractivity contribution is -0.153. The first-order valence-electron chi connectivity index (χ1n) is 11.0. The van der Waals surface area contributed by atoms with Gasteiger partial charge in [-0.15, -0.1) is 0 Å². The molecule has 3 N–H and O–H groups in total. The Morgan fingerprint density at radius 2 is 1.66 bits per heavy atom. The number of aliphatic hydroxyl groups excluding tert-OH is 1. The third-order valence-corrected chi connectivity index (χ3v) is 6.23. The number of nitrogen functional groups attached to an aromatic ring is 1. The molecule has 0 saturated heterocycles. The molecule has 0 aliphatic heterocycles. The van der Waals surface area contributed by atoms with Crippen molar-refractivity contribution in [3.63, 3.8) is 0 Å². The number of hydrogen-bond acceptors (Lipinski definition) is 9. The minimum absolute atomic E-state index is 0.0230. The highest BCUT2D eigenvalue weighted by molar-refractivity contribution is 7.98. The van der Waals surface area contributed by atoms with E-state index in [0.29, 0.717) is 16.9 Å². The Kier molecular flexibility index (Phi) is 7.86. The molecule has 4 rings (SSSR count). The normalized spacial score (nSPS) is 11.1. The number of alkyl halides is 3. The standard InChI is InChI=1S/C26H18F3N5O3S/c27-26(28,29)22-20(33-24(37-22)16-4-2-1-3-5-16)14-38-25-19(13-31)21(18(12-30)23(32)34-25)15-6-8-17(9-7-15)36-11-10-35/h1-9,35H,10-11,14H2,(H2,32,34). The zero-order valence-corrected chi connectivity index (χ0v) is 20.3. The molecule has 8 nitrogen and oxygen atoms in total. The fourth-order valence-electron chi connectivity index (χ4n) is 3.58. The zero-order chi connectivity index (χ0) is 27.3. The number of oxazole rings is 1. The second-order valence-electron chi connectivity index (χ2n) is 7.69. The van der Waals surface area contributed by atoms with Crippen molar-refractivity contribution in [1.82, 2.24) is 9.97 Å². The summed E-state index contributed by atoms with van der Waals surface area (Å²) in [6.07, 6.45) is -4.80. The highest BCUT2D eigenvalue weighted by atomic mass is 32.2. The fourth-order valence-corrected chi connectivity index (χ4v) is 4.51. The number of rotatable bonds is 8. The van der Waals surface area contributed by atoms with Crippen molar-refractivity contribution in [3.05, 3.63) is 77.2 Å². The largest absolute Gasteiger partial charge is 0.491 e. The molecular formula is C26H18F3N5O3S.